The normalized spacial score (nSPS) is 11.3. The average molecular weight is 412 g/mol. The number of amides is 1. The van der Waals surface area contributed by atoms with Gasteiger partial charge in [-0.3, -0.25) is 10.1 Å². The molecule has 26 heavy (non-hydrogen) atoms. The van der Waals surface area contributed by atoms with Crippen LogP contribution in [-0.4, -0.2) is 24.5 Å². The fourth-order valence-corrected chi connectivity index (χ4v) is 4.50. The molecule has 0 spiro atoms. The van der Waals surface area contributed by atoms with Crippen LogP contribution in [0.15, 0.2) is 52.9 Å². The monoisotopic (exact) mass is 411 g/mol. The SMILES string of the molecule is O=C(Nc1nnc(S(=O)(=O)Cc2ccc(Cl)cc2)s1)c1ccccc1F. The van der Waals surface area contributed by atoms with E-state index in [1.165, 1.54) is 18.2 Å². The van der Waals surface area contributed by atoms with Crippen molar-refractivity contribution >= 4 is 43.8 Å². The summed E-state index contributed by atoms with van der Waals surface area (Å²) in [6.07, 6.45) is 0. The maximum absolute atomic E-state index is 13.6. The lowest BCUT2D eigenvalue weighted by Crippen LogP contribution is -2.13. The van der Waals surface area contributed by atoms with Gasteiger partial charge in [0.15, 0.2) is 0 Å². The minimum atomic E-state index is -3.74. The molecule has 0 bridgehead atoms. The van der Waals surface area contributed by atoms with Crippen molar-refractivity contribution in [3.8, 4) is 0 Å². The maximum Gasteiger partial charge on any atom is 0.260 e. The lowest BCUT2D eigenvalue weighted by molar-refractivity contribution is 0.102. The highest BCUT2D eigenvalue weighted by molar-refractivity contribution is 7.92. The quantitative estimate of drug-likeness (QED) is 0.648. The van der Waals surface area contributed by atoms with Gasteiger partial charge in [0.2, 0.25) is 19.3 Å². The van der Waals surface area contributed by atoms with Crippen LogP contribution in [0.25, 0.3) is 0 Å². The molecule has 0 saturated heterocycles. The number of hydrogen-bond acceptors (Lipinski definition) is 6. The van der Waals surface area contributed by atoms with Gasteiger partial charge in [-0.2, -0.15) is 0 Å². The average Bonchev–Trinajstić information content (AvgIpc) is 3.06. The zero-order chi connectivity index (χ0) is 18.7. The van der Waals surface area contributed by atoms with Gasteiger partial charge in [0.25, 0.3) is 5.91 Å². The van der Waals surface area contributed by atoms with Gasteiger partial charge >= 0.3 is 0 Å². The summed E-state index contributed by atoms with van der Waals surface area (Å²) in [6.45, 7) is 0. The van der Waals surface area contributed by atoms with E-state index >= 15 is 0 Å². The molecular weight excluding hydrogens is 401 g/mol. The molecule has 0 aliphatic rings. The smallest absolute Gasteiger partial charge is 0.260 e. The highest BCUT2D eigenvalue weighted by Gasteiger charge is 2.22. The molecule has 3 rings (SSSR count). The molecule has 134 valence electrons. The van der Waals surface area contributed by atoms with Crippen molar-refractivity contribution in [2.75, 3.05) is 5.32 Å². The van der Waals surface area contributed by atoms with Crippen LogP contribution < -0.4 is 5.32 Å². The first-order chi connectivity index (χ1) is 12.3. The van der Waals surface area contributed by atoms with Gasteiger partial charge in [0.05, 0.1) is 11.3 Å². The summed E-state index contributed by atoms with van der Waals surface area (Å²) < 4.78 is 38.2. The standard InChI is InChI=1S/C16H11ClFN3O3S2/c17-11-7-5-10(6-8-11)9-26(23,24)16-21-20-15(25-16)19-14(22)12-3-1-2-4-13(12)18/h1-8H,9H2,(H,19,20,22). The van der Waals surface area contributed by atoms with Gasteiger partial charge < -0.3 is 0 Å². The van der Waals surface area contributed by atoms with E-state index in [0.717, 1.165) is 6.07 Å². The Morgan fingerprint density at radius 3 is 2.50 bits per heavy atom. The third-order valence-corrected chi connectivity index (χ3v) is 6.51. The number of anilines is 1. The van der Waals surface area contributed by atoms with Crippen molar-refractivity contribution in [1.29, 1.82) is 0 Å². The van der Waals surface area contributed by atoms with E-state index in [4.69, 9.17) is 11.6 Å². The summed E-state index contributed by atoms with van der Waals surface area (Å²) in [6, 6.07) is 11.8. The van der Waals surface area contributed by atoms with Crippen LogP contribution in [0.2, 0.25) is 5.02 Å². The number of nitrogens with one attached hydrogen (secondary N) is 1. The van der Waals surface area contributed by atoms with Crippen molar-refractivity contribution in [1.82, 2.24) is 10.2 Å². The number of carbonyl (C=O) groups is 1. The second kappa shape index (κ2) is 7.48. The van der Waals surface area contributed by atoms with E-state index in [1.807, 2.05) is 0 Å². The van der Waals surface area contributed by atoms with Crippen molar-refractivity contribution < 1.29 is 17.6 Å². The Morgan fingerprint density at radius 1 is 1.12 bits per heavy atom. The molecule has 0 radical (unpaired) electrons. The van der Waals surface area contributed by atoms with Gasteiger partial charge in [-0.15, -0.1) is 10.2 Å². The number of halogens is 2. The number of nitrogens with zero attached hydrogens (tertiary/aromatic N) is 2. The van der Waals surface area contributed by atoms with Gasteiger partial charge in [-0.25, -0.2) is 12.8 Å². The Kier molecular flexibility index (Phi) is 5.30. The van der Waals surface area contributed by atoms with E-state index in [0.29, 0.717) is 21.9 Å². The number of hydrogen-bond donors (Lipinski definition) is 1. The molecule has 3 aromatic rings. The van der Waals surface area contributed by atoms with E-state index < -0.39 is 21.6 Å². The van der Waals surface area contributed by atoms with Crippen LogP contribution >= 0.6 is 22.9 Å². The van der Waals surface area contributed by atoms with Crippen LogP contribution in [0, 0.1) is 5.82 Å². The number of carbonyl (C=O) groups excluding carboxylic acids is 1. The Bertz CT molecular complexity index is 1050. The number of rotatable bonds is 5. The summed E-state index contributed by atoms with van der Waals surface area (Å²) in [5, 5.41) is 10.1. The van der Waals surface area contributed by atoms with Crippen LogP contribution in [0.3, 0.4) is 0 Å². The zero-order valence-electron chi connectivity index (χ0n) is 13.0. The Balaban J connectivity index is 1.75. The highest BCUT2D eigenvalue weighted by atomic mass is 35.5. The third kappa shape index (κ3) is 4.24. The van der Waals surface area contributed by atoms with Gasteiger partial charge in [-0.05, 0) is 29.8 Å². The Morgan fingerprint density at radius 2 is 1.81 bits per heavy atom. The molecule has 2 aromatic carbocycles. The third-order valence-electron chi connectivity index (χ3n) is 3.28. The molecule has 6 nitrogen and oxygen atoms in total. The number of sulfone groups is 1. The van der Waals surface area contributed by atoms with Crippen molar-refractivity contribution in [3.05, 3.63) is 70.5 Å². The van der Waals surface area contributed by atoms with Crippen LogP contribution in [0.1, 0.15) is 15.9 Å². The van der Waals surface area contributed by atoms with E-state index in [2.05, 4.69) is 15.5 Å². The fraction of sp³-hybridized carbons (Fsp3) is 0.0625. The van der Waals surface area contributed by atoms with Crippen molar-refractivity contribution in [2.45, 2.75) is 10.1 Å². The summed E-state index contributed by atoms with van der Waals surface area (Å²) in [5.74, 6) is -1.70. The van der Waals surface area contributed by atoms with Gasteiger partial charge in [-0.1, -0.05) is 47.2 Å². The molecule has 0 fully saturated rings. The summed E-state index contributed by atoms with van der Waals surface area (Å²) in [7, 11) is -3.74. The zero-order valence-corrected chi connectivity index (χ0v) is 15.4. The molecule has 10 heteroatoms. The van der Waals surface area contributed by atoms with Crippen LogP contribution in [-0.2, 0) is 15.6 Å². The number of benzene rings is 2. The molecule has 0 aliphatic heterocycles. The summed E-state index contributed by atoms with van der Waals surface area (Å²) in [5.41, 5.74) is 0.370. The first-order valence-electron chi connectivity index (χ1n) is 7.22. The minimum Gasteiger partial charge on any atom is -0.296 e. The summed E-state index contributed by atoms with van der Waals surface area (Å²) >= 11 is 6.48. The molecule has 0 saturated carbocycles. The molecule has 1 heterocycles. The van der Waals surface area contributed by atoms with E-state index in [-0.39, 0.29) is 20.8 Å². The minimum absolute atomic E-state index is 0.0343. The molecule has 1 aromatic heterocycles. The predicted octanol–water partition coefficient (Wildman–Crippen LogP) is 3.56. The van der Waals surface area contributed by atoms with Gasteiger partial charge in [0, 0.05) is 5.02 Å². The predicted molar refractivity (Wildman–Crippen MR) is 96.6 cm³/mol. The summed E-state index contributed by atoms with van der Waals surface area (Å²) in [4.78, 5) is 12.0. The molecular formula is C16H11ClFN3O3S2. The van der Waals surface area contributed by atoms with E-state index in [1.54, 1.807) is 24.3 Å². The highest BCUT2D eigenvalue weighted by Crippen LogP contribution is 2.24. The Hall–Kier alpha value is -2.36. The first-order valence-corrected chi connectivity index (χ1v) is 10.1. The van der Waals surface area contributed by atoms with Crippen LogP contribution in [0.5, 0.6) is 0 Å². The Labute approximate surface area is 157 Å². The van der Waals surface area contributed by atoms with Gasteiger partial charge in [0.1, 0.15) is 5.82 Å². The molecule has 1 N–H and O–H groups in total. The molecule has 0 aliphatic carbocycles. The first kappa shape index (κ1) is 18.4. The molecule has 1 amide bonds. The number of aromatic nitrogens is 2. The molecule has 0 atom stereocenters. The molecule has 0 unspecified atom stereocenters. The largest absolute Gasteiger partial charge is 0.296 e. The second-order valence-corrected chi connectivity index (χ2v) is 8.77. The van der Waals surface area contributed by atoms with Crippen molar-refractivity contribution in [2.24, 2.45) is 0 Å². The topological polar surface area (TPSA) is 89.0 Å². The van der Waals surface area contributed by atoms with Crippen LogP contribution in [0.4, 0.5) is 9.52 Å². The van der Waals surface area contributed by atoms with E-state index in [9.17, 15) is 17.6 Å². The fourth-order valence-electron chi connectivity index (χ4n) is 2.06. The second-order valence-electron chi connectivity index (χ2n) is 5.19. The lowest BCUT2D eigenvalue weighted by Gasteiger charge is -2.02. The van der Waals surface area contributed by atoms with Crippen molar-refractivity contribution in [3.63, 3.8) is 0 Å². The lowest BCUT2D eigenvalue weighted by atomic mass is 10.2. The maximum atomic E-state index is 13.6.